The van der Waals surface area contributed by atoms with E-state index in [-0.39, 0.29) is 5.91 Å². The molecule has 0 N–H and O–H groups in total. The number of carbonyl (C=O) groups excluding carboxylic acids is 1. The predicted molar refractivity (Wildman–Crippen MR) is 101 cm³/mol. The van der Waals surface area contributed by atoms with Crippen molar-refractivity contribution in [2.45, 2.75) is 19.3 Å². The average molecular weight is 388 g/mol. The molecular weight excluding hydrogens is 370 g/mol. The third-order valence-corrected chi connectivity index (χ3v) is 5.51. The number of carbonyl (C=O) groups is 1. The zero-order chi connectivity index (χ0) is 17.9. The maximum atomic E-state index is 12.7. The van der Waals surface area contributed by atoms with E-state index in [0.717, 1.165) is 24.9 Å². The minimum atomic E-state index is 0.0293. The standard InChI is InChI=1S/C19H18ClN3O2S/c20-16-5-1-4-14(10-16)19(24)23-7-2-3-13(11-23)9-17-21-18(22-25-17)15-6-8-26-12-15/h1,4-6,8,10,12-13H,2-3,7,9,11H2. The largest absolute Gasteiger partial charge is 0.339 e. The molecule has 0 aliphatic carbocycles. The average Bonchev–Trinajstić information content (AvgIpc) is 3.33. The van der Waals surface area contributed by atoms with Crippen molar-refractivity contribution < 1.29 is 9.32 Å². The van der Waals surface area contributed by atoms with E-state index in [0.29, 0.717) is 41.2 Å². The Balaban J connectivity index is 1.41. The topological polar surface area (TPSA) is 59.2 Å². The summed E-state index contributed by atoms with van der Waals surface area (Å²) >= 11 is 7.62. The van der Waals surface area contributed by atoms with Crippen LogP contribution in [0.5, 0.6) is 0 Å². The number of amides is 1. The molecule has 1 aromatic carbocycles. The third-order valence-electron chi connectivity index (χ3n) is 4.59. The summed E-state index contributed by atoms with van der Waals surface area (Å²) in [5, 5.41) is 8.63. The van der Waals surface area contributed by atoms with Gasteiger partial charge in [-0.15, -0.1) is 0 Å². The summed E-state index contributed by atoms with van der Waals surface area (Å²) in [5.74, 6) is 1.61. The van der Waals surface area contributed by atoms with Crippen molar-refractivity contribution >= 4 is 28.8 Å². The third kappa shape index (κ3) is 3.81. The molecule has 0 saturated carbocycles. The van der Waals surface area contributed by atoms with Gasteiger partial charge < -0.3 is 9.42 Å². The summed E-state index contributed by atoms with van der Waals surface area (Å²) < 4.78 is 5.41. The molecule has 1 unspecified atom stereocenters. The summed E-state index contributed by atoms with van der Waals surface area (Å²) in [6.07, 6.45) is 2.72. The minimum absolute atomic E-state index is 0.0293. The number of benzene rings is 1. The summed E-state index contributed by atoms with van der Waals surface area (Å²) in [6, 6.07) is 9.09. The Bertz CT molecular complexity index is 894. The number of nitrogens with zero attached hydrogens (tertiary/aromatic N) is 3. The highest BCUT2D eigenvalue weighted by molar-refractivity contribution is 7.08. The molecule has 7 heteroatoms. The molecule has 0 spiro atoms. The van der Waals surface area contributed by atoms with Crippen molar-refractivity contribution in [3.05, 3.63) is 57.6 Å². The van der Waals surface area contributed by atoms with E-state index >= 15 is 0 Å². The van der Waals surface area contributed by atoms with Crippen molar-refractivity contribution in [2.75, 3.05) is 13.1 Å². The van der Waals surface area contributed by atoms with Crippen molar-refractivity contribution in [1.29, 1.82) is 0 Å². The van der Waals surface area contributed by atoms with Gasteiger partial charge in [0.05, 0.1) is 0 Å². The van der Waals surface area contributed by atoms with Crippen LogP contribution in [0.4, 0.5) is 0 Å². The van der Waals surface area contributed by atoms with E-state index in [4.69, 9.17) is 16.1 Å². The maximum Gasteiger partial charge on any atom is 0.253 e. The van der Waals surface area contributed by atoms with E-state index in [1.54, 1.807) is 29.5 Å². The first-order valence-electron chi connectivity index (χ1n) is 8.59. The molecule has 1 amide bonds. The lowest BCUT2D eigenvalue weighted by atomic mass is 9.94. The molecule has 2 aromatic heterocycles. The van der Waals surface area contributed by atoms with Gasteiger partial charge in [-0.1, -0.05) is 22.8 Å². The fourth-order valence-corrected chi connectivity index (χ4v) is 4.14. The van der Waals surface area contributed by atoms with Crippen molar-refractivity contribution in [3.8, 4) is 11.4 Å². The smallest absolute Gasteiger partial charge is 0.253 e. The van der Waals surface area contributed by atoms with E-state index in [1.165, 1.54) is 0 Å². The molecule has 26 heavy (non-hydrogen) atoms. The molecule has 3 heterocycles. The highest BCUT2D eigenvalue weighted by atomic mass is 35.5. The fourth-order valence-electron chi connectivity index (χ4n) is 3.31. The van der Waals surface area contributed by atoms with Gasteiger partial charge >= 0.3 is 0 Å². The van der Waals surface area contributed by atoms with Gasteiger partial charge in [0.2, 0.25) is 11.7 Å². The number of aromatic nitrogens is 2. The number of hydrogen-bond donors (Lipinski definition) is 0. The van der Waals surface area contributed by atoms with E-state index in [2.05, 4.69) is 10.1 Å². The summed E-state index contributed by atoms with van der Waals surface area (Å²) in [6.45, 7) is 1.47. The van der Waals surface area contributed by atoms with Gasteiger partial charge in [0.1, 0.15) is 0 Å². The Hall–Kier alpha value is -2.18. The summed E-state index contributed by atoms with van der Waals surface area (Å²) in [5.41, 5.74) is 1.61. The summed E-state index contributed by atoms with van der Waals surface area (Å²) in [4.78, 5) is 19.1. The zero-order valence-electron chi connectivity index (χ0n) is 14.1. The number of piperidine rings is 1. The van der Waals surface area contributed by atoms with Crippen LogP contribution in [-0.2, 0) is 6.42 Å². The number of rotatable bonds is 4. The maximum absolute atomic E-state index is 12.7. The molecule has 4 rings (SSSR count). The molecule has 1 aliphatic heterocycles. The normalized spacial score (nSPS) is 17.4. The van der Waals surface area contributed by atoms with Gasteiger partial charge in [-0.25, -0.2) is 0 Å². The first-order chi connectivity index (χ1) is 12.7. The molecule has 1 aliphatic rings. The summed E-state index contributed by atoms with van der Waals surface area (Å²) in [7, 11) is 0. The van der Waals surface area contributed by atoms with E-state index in [9.17, 15) is 4.79 Å². The van der Waals surface area contributed by atoms with Crippen molar-refractivity contribution in [1.82, 2.24) is 15.0 Å². The lowest BCUT2D eigenvalue weighted by molar-refractivity contribution is 0.0668. The second kappa shape index (κ2) is 7.60. The minimum Gasteiger partial charge on any atom is -0.339 e. The second-order valence-electron chi connectivity index (χ2n) is 6.50. The van der Waals surface area contributed by atoms with Crippen LogP contribution in [0.1, 0.15) is 29.1 Å². The van der Waals surface area contributed by atoms with E-state index < -0.39 is 0 Å². The lowest BCUT2D eigenvalue weighted by Crippen LogP contribution is -2.40. The van der Waals surface area contributed by atoms with Crippen LogP contribution in [0.15, 0.2) is 45.6 Å². The highest BCUT2D eigenvalue weighted by Gasteiger charge is 2.26. The van der Waals surface area contributed by atoms with Gasteiger partial charge in [-0.2, -0.15) is 16.3 Å². The van der Waals surface area contributed by atoms with Crippen LogP contribution in [0, 0.1) is 5.92 Å². The SMILES string of the molecule is O=C(c1cccc(Cl)c1)N1CCCC(Cc2nc(-c3ccsc3)no2)C1. The number of hydrogen-bond acceptors (Lipinski definition) is 5. The fraction of sp³-hybridized carbons (Fsp3) is 0.316. The molecule has 1 fully saturated rings. The van der Waals surface area contributed by atoms with Gasteiger partial charge in [-0.3, -0.25) is 4.79 Å². The molecule has 0 bridgehead atoms. The zero-order valence-corrected chi connectivity index (χ0v) is 15.7. The van der Waals surface area contributed by atoms with Crippen LogP contribution >= 0.6 is 22.9 Å². The Labute approximate surface area is 160 Å². The Kier molecular flexibility index (Phi) is 5.04. The number of likely N-dealkylation sites (tertiary alicyclic amines) is 1. The first kappa shape index (κ1) is 17.2. The number of halogens is 1. The Morgan fingerprint density at radius 3 is 3.12 bits per heavy atom. The molecule has 0 radical (unpaired) electrons. The Morgan fingerprint density at radius 2 is 2.31 bits per heavy atom. The molecule has 1 atom stereocenters. The van der Waals surface area contributed by atoms with Crippen molar-refractivity contribution in [3.63, 3.8) is 0 Å². The molecule has 5 nitrogen and oxygen atoms in total. The van der Waals surface area contributed by atoms with Crippen LogP contribution < -0.4 is 0 Å². The van der Waals surface area contributed by atoms with Gasteiger partial charge in [0, 0.05) is 41.0 Å². The quantitative estimate of drug-likeness (QED) is 0.659. The van der Waals surface area contributed by atoms with Crippen LogP contribution in [0.25, 0.3) is 11.4 Å². The monoisotopic (exact) mass is 387 g/mol. The molecular formula is C19H18ClN3O2S. The van der Waals surface area contributed by atoms with Gasteiger partial charge in [-0.05, 0) is 48.4 Å². The lowest BCUT2D eigenvalue weighted by Gasteiger charge is -2.32. The first-order valence-corrected chi connectivity index (χ1v) is 9.91. The van der Waals surface area contributed by atoms with Gasteiger partial charge in [0.25, 0.3) is 5.91 Å². The Morgan fingerprint density at radius 1 is 1.38 bits per heavy atom. The van der Waals surface area contributed by atoms with Crippen LogP contribution in [0.2, 0.25) is 5.02 Å². The molecule has 1 saturated heterocycles. The second-order valence-corrected chi connectivity index (χ2v) is 7.71. The van der Waals surface area contributed by atoms with Gasteiger partial charge in [0.15, 0.2) is 0 Å². The number of thiophene rings is 1. The molecule has 3 aromatic rings. The predicted octanol–water partition coefficient (Wildman–Crippen LogP) is 4.55. The van der Waals surface area contributed by atoms with Crippen molar-refractivity contribution in [2.24, 2.45) is 5.92 Å². The molecule has 134 valence electrons. The highest BCUT2D eigenvalue weighted by Crippen LogP contribution is 2.24. The van der Waals surface area contributed by atoms with Crippen LogP contribution in [-0.4, -0.2) is 34.0 Å². The van der Waals surface area contributed by atoms with Crippen LogP contribution in [0.3, 0.4) is 0 Å². The van der Waals surface area contributed by atoms with E-state index in [1.807, 2.05) is 27.8 Å².